The number of hydrogen-bond acceptors (Lipinski definition) is 0. The van der Waals surface area contributed by atoms with Crippen molar-refractivity contribution in [3.05, 3.63) is 83.9 Å². The van der Waals surface area contributed by atoms with Gasteiger partial charge in [-0.15, -0.1) is 0 Å². The first-order chi connectivity index (χ1) is 9.81. The van der Waals surface area contributed by atoms with E-state index < -0.39 is 0 Å². The van der Waals surface area contributed by atoms with Crippen LogP contribution in [0.15, 0.2) is 72.8 Å². The Hall–Kier alpha value is -1.82. The van der Waals surface area contributed by atoms with Crippen LogP contribution in [0.1, 0.15) is 49.7 Å². The summed E-state index contributed by atoms with van der Waals surface area (Å²) in [6.45, 7) is 6.42. The third-order valence-electron chi connectivity index (χ3n) is 3.79. The average Bonchev–Trinajstić information content (AvgIpc) is 2.50. The van der Waals surface area contributed by atoms with E-state index in [1.807, 2.05) is 0 Å². The van der Waals surface area contributed by atoms with Crippen LogP contribution in [-0.2, 0) is 0 Å². The lowest BCUT2D eigenvalue weighted by atomic mass is 9.86. The van der Waals surface area contributed by atoms with Crippen LogP contribution < -0.4 is 0 Å². The van der Waals surface area contributed by atoms with Crippen molar-refractivity contribution in [2.45, 2.75) is 38.5 Å². The number of benzene rings is 2. The fraction of sp³-hybridized carbons (Fsp3) is 0.300. The molecule has 0 radical (unpaired) electrons. The van der Waals surface area contributed by atoms with Crippen LogP contribution in [0.2, 0.25) is 0 Å². The number of hydrogen-bond donors (Lipinski definition) is 0. The normalized spacial score (nSPS) is 10.7. The molecule has 0 unspecified atom stereocenters. The lowest BCUT2D eigenvalue weighted by Gasteiger charge is -2.18. The molecule has 104 valence electrons. The van der Waals surface area contributed by atoms with Gasteiger partial charge in [0.2, 0.25) is 0 Å². The molecular weight excluding hydrogens is 240 g/mol. The van der Waals surface area contributed by atoms with Gasteiger partial charge in [-0.25, -0.2) is 0 Å². The maximum atomic E-state index is 4.20. The van der Waals surface area contributed by atoms with Gasteiger partial charge in [0, 0.05) is 5.92 Å². The lowest BCUT2D eigenvalue weighted by molar-refractivity contribution is 0.689. The first kappa shape index (κ1) is 14.6. The third-order valence-corrected chi connectivity index (χ3v) is 3.79. The largest absolute Gasteiger partial charge is 0.0999 e. The van der Waals surface area contributed by atoms with Gasteiger partial charge in [-0.2, -0.15) is 0 Å². The van der Waals surface area contributed by atoms with Crippen molar-refractivity contribution in [2.75, 3.05) is 0 Å². The molecule has 0 spiro atoms. The molecule has 20 heavy (non-hydrogen) atoms. The molecule has 0 atom stereocenters. The minimum absolute atomic E-state index is 0.478. The Morgan fingerprint density at radius 2 is 1.35 bits per heavy atom. The summed E-state index contributed by atoms with van der Waals surface area (Å²) in [6, 6.07) is 21.6. The number of rotatable bonds is 7. The summed E-state index contributed by atoms with van der Waals surface area (Å²) in [7, 11) is 0. The second-order valence-corrected chi connectivity index (χ2v) is 5.41. The van der Waals surface area contributed by atoms with E-state index in [0.717, 1.165) is 19.3 Å². The van der Waals surface area contributed by atoms with Gasteiger partial charge in [-0.05, 0) is 30.4 Å². The van der Waals surface area contributed by atoms with Crippen molar-refractivity contribution >= 4 is 0 Å². The Morgan fingerprint density at radius 3 is 1.80 bits per heavy atom. The van der Waals surface area contributed by atoms with Gasteiger partial charge >= 0.3 is 0 Å². The van der Waals surface area contributed by atoms with Crippen LogP contribution in [0, 0.1) is 0 Å². The van der Waals surface area contributed by atoms with Crippen molar-refractivity contribution in [3.63, 3.8) is 0 Å². The summed E-state index contributed by atoms with van der Waals surface area (Å²) in [5.74, 6) is 0.478. The van der Waals surface area contributed by atoms with Crippen molar-refractivity contribution in [2.24, 2.45) is 0 Å². The zero-order valence-corrected chi connectivity index (χ0v) is 12.4. The van der Waals surface area contributed by atoms with Crippen LogP contribution in [0.25, 0.3) is 0 Å². The molecule has 0 aliphatic heterocycles. The molecule has 2 aromatic carbocycles. The van der Waals surface area contributed by atoms with E-state index >= 15 is 0 Å². The maximum Gasteiger partial charge on any atom is 0.00923 e. The molecule has 0 N–H and O–H groups in total. The van der Waals surface area contributed by atoms with E-state index in [1.165, 1.54) is 23.1 Å². The molecule has 0 heteroatoms. The summed E-state index contributed by atoms with van der Waals surface area (Å²) in [6.07, 6.45) is 4.60. The van der Waals surface area contributed by atoms with Crippen LogP contribution in [-0.4, -0.2) is 0 Å². The summed E-state index contributed by atoms with van der Waals surface area (Å²) in [5.41, 5.74) is 4.19. The molecule has 0 aromatic heterocycles. The lowest BCUT2D eigenvalue weighted by Crippen LogP contribution is -2.01. The second kappa shape index (κ2) is 7.69. The van der Waals surface area contributed by atoms with Gasteiger partial charge in [0.05, 0.1) is 0 Å². The van der Waals surface area contributed by atoms with E-state index in [1.54, 1.807) is 0 Å². The maximum absolute atomic E-state index is 4.20. The van der Waals surface area contributed by atoms with Crippen molar-refractivity contribution in [1.29, 1.82) is 0 Å². The van der Waals surface area contributed by atoms with Gasteiger partial charge in [0.25, 0.3) is 0 Å². The van der Waals surface area contributed by atoms with E-state index in [-0.39, 0.29) is 0 Å². The Morgan fingerprint density at radius 1 is 0.850 bits per heavy atom. The molecular formula is C20H24. The van der Waals surface area contributed by atoms with Gasteiger partial charge in [-0.3, -0.25) is 0 Å². The van der Waals surface area contributed by atoms with E-state index in [2.05, 4.69) is 74.2 Å². The predicted molar refractivity (Wildman–Crippen MR) is 88.0 cm³/mol. The fourth-order valence-corrected chi connectivity index (χ4v) is 2.72. The molecule has 0 saturated carbocycles. The van der Waals surface area contributed by atoms with Crippen LogP contribution in [0.5, 0.6) is 0 Å². The molecule has 0 saturated heterocycles. The highest BCUT2D eigenvalue weighted by Crippen LogP contribution is 2.30. The van der Waals surface area contributed by atoms with Crippen molar-refractivity contribution in [3.8, 4) is 0 Å². The van der Waals surface area contributed by atoms with Crippen LogP contribution in [0.4, 0.5) is 0 Å². The molecule has 0 aliphatic carbocycles. The quantitative estimate of drug-likeness (QED) is 0.542. The molecule has 2 rings (SSSR count). The van der Waals surface area contributed by atoms with E-state index in [0.29, 0.717) is 5.92 Å². The highest BCUT2D eigenvalue weighted by atomic mass is 14.2. The Labute approximate surface area is 123 Å². The van der Waals surface area contributed by atoms with Gasteiger partial charge in [0.1, 0.15) is 0 Å². The number of allylic oxidation sites excluding steroid dienone is 1. The first-order valence-corrected chi connectivity index (χ1v) is 7.57. The average molecular weight is 264 g/mol. The molecule has 0 fully saturated rings. The van der Waals surface area contributed by atoms with Crippen molar-refractivity contribution in [1.82, 2.24) is 0 Å². The summed E-state index contributed by atoms with van der Waals surface area (Å²) in [5, 5.41) is 0. The Kier molecular flexibility index (Phi) is 5.61. The Balaban J connectivity index is 2.15. The molecule has 0 heterocycles. The highest BCUT2D eigenvalue weighted by molar-refractivity contribution is 5.32. The predicted octanol–water partition coefficient (Wildman–Crippen LogP) is 5.96. The first-order valence-electron chi connectivity index (χ1n) is 7.57. The smallest absolute Gasteiger partial charge is 0.00923 e. The van der Waals surface area contributed by atoms with Gasteiger partial charge in [0.15, 0.2) is 0 Å². The molecule has 0 bridgehead atoms. The standard InChI is InChI=1S/C20H24/c1-3-10-17(2)15-16-20(18-11-6-4-7-12-18)19-13-8-5-9-14-19/h4-9,11-14,20H,2-3,10,15-16H2,1H3. The van der Waals surface area contributed by atoms with Crippen molar-refractivity contribution < 1.29 is 0 Å². The Bertz CT molecular complexity index is 471. The molecule has 0 amide bonds. The van der Waals surface area contributed by atoms with Gasteiger partial charge in [-0.1, -0.05) is 86.2 Å². The molecule has 0 nitrogen and oxygen atoms in total. The summed E-state index contributed by atoms with van der Waals surface area (Å²) >= 11 is 0. The molecule has 0 aliphatic rings. The van der Waals surface area contributed by atoms with Crippen LogP contribution in [0.3, 0.4) is 0 Å². The second-order valence-electron chi connectivity index (χ2n) is 5.41. The zero-order valence-electron chi connectivity index (χ0n) is 12.4. The fourth-order valence-electron chi connectivity index (χ4n) is 2.72. The summed E-state index contributed by atoms with van der Waals surface area (Å²) in [4.78, 5) is 0. The van der Waals surface area contributed by atoms with Gasteiger partial charge < -0.3 is 0 Å². The summed E-state index contributed by atoms with van der Waals surface area (Å²) < 4.78 is 0. The highest BCUT2D eigenvalue weighted by Gasteiger charge is 2.13. The van der Waals surface area contributed by atoms with Crippen LogP contribution >= 0.6 is 0 Å². The SMILES string of the molecule is C=C(CCC)CCC(c1ccccc1)c1ccccc1. The van der Waals surface area contributed by atoms with E-state index in [4.69, 9.17) is 0 Å². The minimum Gasteiger partial charge on any atom is -0.0999 e. The molecule has 2 aromatic rings. The minimum atomic E-state index is 0.478. The topological polar surface area (TPSA) is 0 Å². The monoisotopic (exact) mass is 264 g/mol. The zero-order chi connectivity index (χ0) is 14.2. The van der Waals surface area contributed by atoms with E-state index in [9.17, 15) is 0 Å². The third kappa shape index (κ3) is 4.09.